The van der Waals surface area contributed by atoms with E-state index in [2.05, 4.69) is 45.7 Å². The standard InChI is InChI=1S/C22H30N4O2S/c1-4-25(5-2)16(3)14-23-21(27)22(28)24-18-6-8-19(9-7-18)26-12-10-20-17(15-26)11-13-29-20/h6-9,11,13,16H,4-5,10,12,14-15H2,1-3H3,(H,23,27)(H,24,28)/t16-/m1/s1. The van der Waals surface area contributed by atoms with E-state index in [1.54, 1.807) is 0 Å². The van der Waals surface area contributed by atoms with Gasteiger partial charge in [0.25, 0.3) is 0 Å². The molecule has 7 heteroatoms. The zero-order valence-electron chi connectivity index (χ0n) is 17.4. The predicted octanol–water partition coefficient (Wildman–Crippen LogP) is 3.10. The highest BCUT2D eigenvalue weighted by Crippen LogP contribution is 2.28. The molecule has 156 valence electrons. The van der Waals surface area contributed by atoms with Crippen molar-refractivity contribution in [2.24, 2.45) is 0 Å². The number of hydrogen-bond donors (Lipinski definition) is 2. The van der Waals surface area contributed by atoms with E-state index in [4.69, 9.17) is 0 Å². The van der Waals surface area contributed by atoms with Crippen molar-refractivity contribution < 1.29 is 9.59 Å². The smallest absolute Gasteiger partial charge is 0.313 e. The molecule has 3 rings (SSSR count). The van der Waals surface area contributed by atoms with Crippen LogP contribution in [0.5, 0.6) is 0 Å². The van der Waals surface area contributed by atoms with E-state index in [1.165, 1.54) is 10.4 Å². The number of thiophene rings is 1. The zero-order chi connectivity index (χ0) is 20.8. The number of fused-ring (bicyclic) bond motifs is 1. The number of amides is 2. The van der Waals surface area contributed by atoms with Gasteiger partial charge in [-0.3, -0.25) is 14.5 Å². The van der Waals surface area contributed by atoms with Crippen LogP contribution in [0.1, 0.15) is 31.2 Å². The number of nitrogens with zero attached hydrogens (tertiary/aromatic N) is 2. The van der Waals surface area contributed by atoms with Crippen LogP contribution in [-0.4, -0.2) is 48.9 Å². The summed E-state index contributed by atoms with van der Waals surface area (Å²) in [7, 11) is 0. The average molecular weight is 415 g/mol. The first-order valence-electron chi connectivity index (χ1n) is 10.2. The Bertz CT molecular complexity index is 830. The zero-order valence-corrected chi connectivity index (χ0v) is 18.2. The summed E-state index contributed by atoms with van der Waals surface area (Å²) in [5.41, 5.74) is 3.14. The van der Waals surface area contributed by atoms with Gasteiger partial charge in [0, 0.05) is 41.9 Å². The Labute approximate surface area is 176 Å². The van der Waals surface area contributed by atoms with Crippen molar-refractivity contribution in [1.29, 1.82) is 0 Å². The number of rotatable bonds is 7. The van der Waals surface area contributed by atoms with Crippen molar-refractivity contribution in [2.75, 3.05) is 36.4 Å². The Hall–Kier alpha value is -2.38. The highest BCUT2D eigenvalue weighted by Gasteiger charge is 2.19. The van der Waals surface area contributed by atoms with Crippen molar-refractivity contribution in [3.63, 3.8) is 0 Å². The fourth-order valence-electron chi connectivity index (χ4n) is 3.71. The molecular formula is C22H30N4O2S. The van der Waals surface area contributed by atoms with E-state index in [0.29, 0.717) is 12.2 Å². The van der Waals surface area contributed by atoms with Crippen LogP contribution in [0, 0.1) is 0 Å². The van der Waals surface area contributed by atoms with Gasteiger partial charge in [-0.25, -0.2) is 0 Å². The lowest BCUT2D eigenvalue weighted by Crippen LogP contribution is -2.44. The van der Waals surface area contributed by atoms with Crippen LogP contribution >= 0.6 is 11.3 Å². The molecule has 0 saturated carbocycles. The maximum Gasteiger partial charge on any atom is 0.313 e. The van der Waals surface area contributed by atoms with Crippen molar-refractivity contribution in [3.05, 3.63) is 46.2 Å². The van der Waals surface area contributed by atoms with Gasteiger partial charge in [0.15, 0.2) is 0 Å². The van der Waals surface area contributed by atoms with Gasteiger partial charge in [0.2, 0.25) is 0 Å². The molecule has 2 amide bonds. The first-order chi connectivity index (χ1) is 14.0. The van der Waals surface area contributed by atoms with Crippen molar-refractivity contribution in [3.8, 4) is 0 Å². The second-order valence-electron chi connectivity index (χ2n) is 7.32. The molecule has 0 unspecified atom stereocenters. The lowest BCUT2D eigenvalue weighted by atomic mass is 10.1. The van der Waals surface area contributed by atoms with Crippen LogP contribution < -0.4 is 15.5 Å². The van der Waals surface area contributed by atoms with Gasteiger partial charge in [-0.15, -0.1) is 11.3 Å². The molecule has 2 N–H and O–H groups in total. The van der Waals surface area contributed by atoms with Crippen LogP contribution in [0.4, 0.5) is 11.4 Å². The minimum absolute atomic E-state index is 0.189. The molecule has 0 bridgehead atoms. The number of likely N-dealkylation sites (N-methyl/N-ethyl adjacent to an activating group) is 1. The Morgan fingerprint density at radius 1 is 1.14 bits per heavy atom. The molecule has 2 heterocycles. The molecule has 1 aromatic carbocycles. The second-order valence-corrected chi connectivity index (χ2v) is 8.32. The number of hydrogen-bond acceptors (Lipinski definition) is 5. The summed E-state index contributed by atoms with van der Waals surface area (Å²) in [5, 5.41) is 7.56. The molecular weight excluding hydrogens is 384 g/mol. The van der Waals surface area contributed by atoms with Gasteiger partial charge in [-0.2, -0.15) is 0 Å². The van der Waals surface area contributed by atoms with Gasteiger partial charge in [-0.05, 0) is 67.7 Å². The molecule has 0 saturated heterocycles. The minimum atomic E-state index is -0.634. The summed E-state index contributed by atoms with van der Waals surface area (Å²) in [6.45, 7) is 10.4. The monoisotopic (exact) mass is 414 g/mol. The first kappa shape index (κ1) is 21.3. The summed E-state index contributed by atoms with van der Waals surface area (Å²) in [4.78, 5) is 30.3. The Morgan fingerprint density at radius 2 is 1.86 bits per heavy atom. The molecule has 29 heavy (non-hydrogen) atoms. The van der Waals surface area contributed by atoms with E-state index >= 15 is 0 Å². The Balaban J connectivity index is 1.50. The SMILES string of the molecule is CCN(CC)[C@H](C)CNC(=O)C(=O)Nc1ccc(N2CCc3sccc3C2)cc1. The van der Waals surface area contributed by atoms with Gasteiger partial charge in [0.1, 0.15) is 0 Å². The quantitative estimate of drug-likeness (QED) is 0.684. The largest absolute Gasteiger partial charge is 0.367 e. The van der Waals surface area contributed by atoms with E-state index in [9.17, 15) is 9.59 Å². The molecule has 0 radical (unpaired) electrons. The third-order valence-electron chi connectivity index (χ3n) is 5.50. The predicted molar refractivity (Wildman–Crippen MR) is 120 cm³/mol. The topological polar surface area (TPSA) is 64.7 Å². The van der Waals surface area contributed by atoms with Crippen LogP contribution in [0.2, 0.25) is 0 Å². The van der Waals surface area contributed by atoms with Crippen molar-refractivity contribution >= 4 is 34.5 Å². The van der Waals surface area contributed by atoms with E-state index in [-0.39, 0.29) is 6.04 Å². The van der Waals surface area contributed by atoms with Gasteiger partial charge in [0.05, 0.1) is 0 Å². The van der Waals surface area contributed by atoms with Crippen LogP contribution in [-0.2, 0) is 22.6 Å². The van der Waals surface area contributed by atoms with Gasteiger partial charge < -0.3 is 15.5 Å². The lowest BCUT2D eigenvalue weighted by Gasteiger charge is -2.29. The van der Waals surface area contributed by atoms with Crippen LogP contribution in [0.25, 0.3) is 0 Å². The number of benzene rings is 1. The van der Waals surface area contributed by atoms with E-state index in [0.717, 1.165) is 38.3 Å². The van der Waals surface area contributed by atoms with Crippen LogP contribution in [0.15, 0.2) is 35.7 Å². The molecule has 1 atom stereocenters. The second kappa shape index (κ2) is 9.89. The summed E-state index contributed by atoms with van der Waals surface area (Å²) in [6.07, 6.45) is 1.07. The van der Waals surface area contributed by atoms with Crippen LogP contribution in [0.3, 0.4) is 0 Å². The maximum absolute atomic E-state index is 12.2. The average Bonchev–Trinajstić information content (AvgIpc) is 3.21. The summed E-state index contributed by atoms with van der Waals surface area (Å²) < 4.78 is 0. The molecule has 0 spiro atoms. The fourth-order valence-corrected chi connectivity index (χ4v) is 4.60. The fraction of sp³-hybridized carbons (Fsp3) is 0.455. The maximum atomic E-state index is 12.2. The Kier molecular flexibility index (Phi) is 7.28. The number of carbonyl (C=O) groups is 2. The number of carbonyl (C=O) groups excluding carboxylic acids is 2. The lowest BCUT2D eigenvalue weighted by molar-refractivity contribution is -0.136. The molecule has 1 aromatic heterocycles. The molecule has 0 aliphatic carbocycles. The first-order valence-corrected chi connectivity index (χ1v) is 11.1. The third-order valence-corrected chi connectivity index (χ3v) is 6.52. The molecule has 1 aliphatic heterocycles. The van der Waals surface area contributed by atoms with E-state index in [1.807, 2.05) is 42.5 Å². The molecule has 2 aromatic rings. The van der Waals surface area contributed by atoms with Gasteiger partial charge in [-0.1, -0.05) is 13.8 Å². The summed E-state index contributed by atoms with van der Waals surface area (Å²) in [6, 6.07) is 10.1. The summed E-state index contributed by atoms with van der Waals surface area (Å²) >= 11 is 1.83. The van der Waals surface area contributed by atoms with Crippen molar-refractivity contribution in [2.45, 2.75) is 39.8 Å². The third kappa shape index (κ3) is 5.36. The van der Waals surface area contributed by atoms with Gasteiger partial charge >= 0.3 is 11.8 Å². The Morgan fingerprint density at radius 3 is 2.55 bits per heavy atom. The minimum Gasteiger partial charge on any atom is -0.367 e. The van der Waals surface area contributed by atoms with E-state index < -0.39 is 11.8 Å². The summed E-state index contributed by atoms with van der Waals surface area (Å²) in [5.74, 6) is -1.24. The highest BCUT2D eigenvalue weighted by molar-refractivity contribution is 7.10. The molecule has 0 fully saturated rings. The molecule has 6 nitrogen and oxygen atoms in total. The normalized spacial score (nSPS) is 14.4. The highest BCUT2D eigenvalue weighted by atomic mass is 32.1. The number of anilines is 2. The number of nitrogens with one attached hydrogen (secondary N) is 2. The molecule has 1 aliphatic rings. The van der Waals surface area contributed by atoms with Crippen molar-refractivity contribution in [1.82, 2.24) is 10.2 Å².